The summed E-state index contributed by atoms with van der Waals surface area (Å²) < 4.78 is 5.55. The van der Waals surface area contributed by atoms with Gasteiger partial charge in [-0.1, -0.05) is 18.7 Å². The van der Waals surface area contributed by atoms with E-state index in [2.05, 4.69) is 11.9 Å². The third-order valence-corrected chi connectivity index (χ3v) is 5.23. The Labute approximate surface area is 142 Å². The molecule has 1 aliphatic heterocycles. The number of carbonyl (C=O) groups is 2. The molecule has 1 aromatic carbocycles. The Morgan fingerprint density at radius 2 is 2.04 bits per heavy atom. The zero-order valence-electron chi connectivity index (χ0n) is 14.0. The van der Waals surface area contributed by atoms with Crippen LogP contribution in [0.15, 0.2) is 36.9 Å². The van der Waals surface area contributed by atoms with Crippen LogP contribution in [0.5, 0.6) is 0 Å². The minimum atomic E-state index is -0.202. The van der Waals surface area contributed by atoms with Crippen LogP contribution in [0.1, 0.15) is 28.8 Å². The molecule has 0 radical (unpaired) electrons. The van der Waals surface area contributed by atoms with Crippen LogP contribution in [0.25, 0.3) is 0 Å². The standard InChI is InChI=1S/C19H24N2O3/c1-3-18(22)20-10-13-4-6-14(7-5-13)19(23)21-11-15-8-9-17(24-2)16(15)12-21/h3-7,15-17H,1,8-12H2,2H3,(H,20,22)/t15-,16+,17-/m1/s1. The highest BCUT2D eigenvalue weighted by Gasteiger charge is 2.44. The van der Waals surface area contributed by atoms with Gasteiger partial charge in [-0.25, -0.2) is 0 Å². The third kappa shape index (κ3) is 3.36. The van der Waals surface area contributed by atoms with Crippen LogP contribution in [-0.2, 0) is 16.1 Å². The first-order valence-corrected chi connectivity index (χ1v) is 8.43. The molecule has 1 heterocycles. The first-order chi connectivity index (χ1) is 11.6. The van der Waals surface area contributed by atoms with Crippen LogP contribution < -0.4 is 5.32 Å². The topological polar surface area (TPSA) is 58.6 Å². The van der Waals surface area contributed by atoms with Gasteiger partial charge in [-0.15, -0.1) is 0 Å². The van der Waals surface area contributed by atoms with Gasteiger partial charge in [0.15, 0.2) is 0 Å². The Bertz CT molecular complexity index is 626. The highest BCUT2D eigenvalue weighted by atomic mass is 16.5. The molecule has 2 amide bonds. The minimum absolute atomic E-state index is 0.0842. The first-order valence-electron chi connectivity index (χ1n) is 8.43. The highest BCUT2D eigenvalue weighted by Crippen LogP contribution is 2.39. The Morgan fingerprint density at radius 1 is 1.29 bits per heavy atom. The predicted octanol–water partition coefficient (Wildman–Crippen LogP) is 1.99. The molecule has 3 rings (SSSR count). The van der Waals surface area contributed by atoms with Gasteiger partial charge in [-0.05, 0) is 42.5 Å². The maximum Gasteiger partial charge on any atom is 0.253 e. The fourth-order valence-corrected chi connectivity index (χ4v) is 3.88. The van der Waals surface area contributed by atoms with Crippen LogP contribution in [-0.4, -0.2) is 43.0 Å². The Morgan fingerprint density at radius 3 is 2.71 bits per heavy atom. The van der Waals surface area contributed by atoms with Crippen molar-refractivity contribution in [3.63, 3.8) is 0 Å². The zero-order valence-corrected chi connectivity index (χ0v) is 14.0. The summed E-state index contributed by atoms with van der Waals surface area (Å²) in [5.41, 5.74) is 1.65. The van der Waals surface area contributed by atoms with Gasteiger partial charge in [-0.2, -0.15) is 0 Å². The van der Waals surface area contributed by atoms with Crippen molar-refractivity contribution in [3.8, 4) is 0 Å². The van der Waals surface area contributed by atoms with Gasteiger partial charge in [-0.3, -0.25) is 9.59 Å². The van der Waals surface area contributed by atoms with E-state index < -0.39 is 0 Å². The number of amides is 2. The molecular formula is C19H24N2O3. The largest absolute Gasteiger partial charge is 0.381 e. The summed E-state index contributed by atoms with van der Waals surface area (Å²) in [5, 5.41) is 2.72. The molecule has 5 nitrogen and oxygen atoms in total. The molecule has 1 aromatic rings. The summed E-state index contributed by atoms with van der Waals surface area (Å²) >= 11 is 0. The van der Waals surface area contributed by atoms with E-state index in [-0.39, 0.29) is 11.8 Å². The fraction of sp³-hybridized carbons (Fsp3) is 0.474. The van der Waals surface area contributed by atoms with Crippen molar-refractivity contribution in [2.45, 2.75) is 25.5 Å². The molecule has 2 aliphatic rings. The molecule has 0 spiro atoms. The van der Waals surface area contributed by atoms with Crippen LogP contribution in [0, 0.1) is 11.8 Å². The lowest BCUT2D eigenvalue weighted by atomic mass is 9.99. The van der Waals surface area contributed by atoms with Crippen LogP contribution in [0.2, 0.25) is 0 Å². The van der Waals surface area contributed by atoms with Gasteiger partial charge in [0.05, 0.1) is 6.10 Å². The van der Waals surface area contributed by atoms with Gasteiger partial charge in [0, 0.05) is 38.2 Å². The molecule has 5 heteroatoms. The van der Waals surface area contributed by atoms with Gasteiger partial charge in [0.1, 0.15) is 0 Å². The zero-order chi connectivity index (χ0) is 17.1. The molecule has 24 heavy (non-hydrogen) atoms. The lowest BCUT2D eigenvalue weighted by molar-refractivity contribution is -0.116. The molecule has 0 unspecified atom stereocenters. The number of fused-ring (bicyclic) bond motifs is 1. The first kappa shape index (κ1) is 16.7. The number of nitrogens with one attached hydrogen (secondary N) is 1. The van der Waals surface area contributed by atoms with Crippen LogP contribution >= 0.6 is 0 Å². The maximum atomic E-state index is 12.7. The average molecular weight is 328 g/mol. The van der Waals surface area contributed by atoms with Gasteiger partial charge >= 0.3 is 0 Å². The predicted molar refractivity (Wildman–Crippen MR) is 91.4 cm³/mol. The number of carbonyl (C=O) groups excluding carboxylic acids is 2. The van der Waals surface area contributed by atoms with Crippen molar-refractivity contribution in [1.29, 1.82) is 0 Å². The van der Waals surface area contributed by atoms with Gasteiger partial charge in [0.2, 0.25) is 5.91 Å². The number of rotatable bonds is 5. The van der Waals surface area contributed by atoms with Crippen LogP contribution in [0.3, 0.4) is 0 Å². The third-order valence-electron chi connectivity index (χ3n) is 5.23. The number of likely N-dealkylation sites (tertiary alicyclic amines) is 1. The lowest BCUT2D eigenvalue weighted by Gasteiger charge is -2.20. The Kier molecular flexibility index (Phi) is 5.00. The number of hydrogen-bond acceptors (Lipinski definition) is 3. The SMILES string of the molecule is C=CC(=O)NCc1ccc(C(=O)N2C[C@H]3CC[C@@H](OC)[C@H]3C2)cc1. The monoisotopic (exact) mass is 328 g/mol. The smallest absolute Gasteiger partial charge is 0.253 e. The second kappa shape index (κ2) is 7.18. The lowest BCUT2D eigenvalue weighted by Crippen LogP contribution is -2.31. The fourth-order valence-electron chi connectivity index (χ4n) is 3.88. The van der Waals surface area contributed by atoms with E-state index in [0.29, 0.717) is 30.0 Å². The second-order valence-electron chi connectivity index (χ2n) is 6.60. The van der Waals surface area contributed by atoms with Gasteiger partial charge in [0.25, 0.3) is 5.91 Å². The summed E-state index contributed by atoms with van der Waals surface area (Å²) in [6.07, 6.45) is 3.80. The number of methoxy groups -OCH3 is 1. The molecule has 0 aromatic heterocycles. The summed E-state index contributed by atoms with van der Waals surface area (Å²) in [7, 11) is 1.77. The summed E-state index contributed by atoms with van der Waals surface area (Å²) in [4.78, 5) is 25.8. The average Bonchev–Trinajstić information content (AvgIpc) is 3.19. The molecule has 1 N–H and O–H groups in total. The summed E-state index contributed by atoms with van der Waals surface area (Å²) in [5.74, 6) is 0.937. The van der Waals surface area contributed by atoms with Crippen molar-refractivity contribution in [2.24, 2.45) is 11.8 Å². The van der Waals surface area contributed by atoms with Crippen LogP contribution in [0.4, 0.5) is 0 Å². The van der Waals surface area contributed by atoms with E-state index in [9.17, 15) is 9.59 Å². The number of nitrogens with zero attached hydrogens (tertiary/aromatic N) is 1. The summed E-state index contributed by atoms with van der Waals surface area (Å²) in [6, 6.07) is 7.43. The molecular weight excluding hydrogens is 304 g/mol. The number of ether oxygens (including phenoxy) is 1. The molecule has 1 aliphatic carbocycles. The molecule has 2 fully saturated rings. The molecule has 0 bridgehead atoms. The Balaban J connectivity index is 1.60. The van der Waals surface area contributed by atoms with E-state index in [1.165, 1.54) is 6.08 Å². The Hall–Kier alpha value is -2.14. The van der Waals surface area contributed by atoms with Crippen molar-refractivity contribution < 1.29 is 14.3 Å². The van der Waals surface area contributed by atoms with E-state index >= 15 is 0 Å². The maximum absolute atomic E-state index is 12.7. The minimum Gasteiger partial charge on any atom is -0.381 e. The molecule has 1 saturated carbocycles. The van der Waals surface area contributed by atoms with Crippen molar-refractivity contribution >= 4 is 11.8 Å². The van der Waals surface area contributed by atoms with E-state index in [0.717, 1.165) is 31.5 Å². The molecule has 128 valence electrons. The normalized spacial score (nSPS) is 25.4. The molecule has 1 saturated heterocycles. The van der Waals surface area contributed by atoms with Crippen molar-refractivity contribution in [1.82, 2.24) is 10.2 Å². The van der Waals surface area contributed by atoms with Crippen molar-refractivity contribution in [3.05, 3.63) is 48.0 Å². The second-order valence-corrected chi connectivity index (χ2v) is 6.60. The van der Waals surface area contributed by atoms with Crippen molar-refractivity contribution in [2.75, 3.05) is 20.2 Å². The van der Waals surface area contributed by atoms with E-state index in [1.807, 2.05) is 29.2 Å². The van der Waals surface area contributed by atoms with Gasteiger partial charge < -0.3 is 15.0 Å². The quantitative estimate of drug-likeness (QED) is 0.841. The number of benzene rings is 1. The van der Waals surface area contributed by atoms with E-state index in [1.54, 1.807) is 7.11 Å². The van der Waals surface area contributed by atoms with E-state index in [4.69, 9.17) is 4.74 Å². The summed E-state index contributed by atoms with van der Waals surface area (Å²) in [6.45, 7) is 5.48. The molecule has 3 atom stereocenters. The highest BCUT2D eigenvalue weighted by molar-refractivity contribution is 5.94. The number of hydrogen-bond donors (Lipinski definition) is 1.